The average molecular weight is 1440 g/mol. The van der Waals surface area contributed by atoms with Gasteiger partial charge in [-0.15, -0.1) is 0 Å². The Labute approximate surface area is 535 Å². The number of nitrogens with zero attached hydrogens (tertiary/aromatic N) is 6. The van der Waals surface area contributed by atoms with Crippen LogP contribution >= 0.6 is 69.6 Å². The van der Waals surface area contributed by atoms with Gasteiger partial charge in [-0.2, -0.15) is 10.2 Å². The second kappa shape index (κ2) is 28.2. The Morgan fingerprint density at radius 3 is 1.25 bits per heavy atom. The van der Waals surface area contributed by atoms with E-state index in [2.05, 4.69) is 116 Å². The molecule has 2 aromatic heterocycles. The van der Waals surface area contributed by atoms with Crippen LogP contribution < -0.4 is 24.3 Å². The molecular weight excluding hydrogens is 1380 g/mol. The Kier molecular flexibility index (Phi) is 20.4. The topological polar surface area (TPSA) is 95.4 Å². The Bertz CT molecular complexity index is 3780. The third-order valence-electron chi connectivity index (χ3n) is 15.2. The van der Waals surface area contributed by atoms with Crippen LogP contribution in [-0.2, 0) is 0 Å². The molecule has 0 aliphatic carbocycles. The minimum absolute atomic E-state index is 0.0109. The van der Waals surface area contributed by atoms with Crippen molar-refractivity contribution in [2.45, 2.75) is 39.8 Å². The van der Waals surface area contributed by atoms with Crippen molar-refractivity contribution in [2.24, 2.45) is 0 Å². The number of piperazine rings is 2. The van der Waals surface area contributed by atoms with Crippen LogP contribution in [0.4, 0.5) is 11.4 Å². The number of aromatic amines is 2. The minimum atomic E-state index is -2.06. The third kappa shape index (κ3) is 14.4. The number of aromatic nitrogens is 4. The molecule has 17 heteroatoms. The molecule has 432 valence electrons. The molecule has 10 nitrogen and oxygen atoms in total. The first kappa shape index (κ1) is 61.4. The number of hydrogen-bond acceptors (Lipinski definition) is 5. The molecule has 2 fully saturated rings. The molecule has 2 N–H and O–H groups in total. The summed E-state index contributed by atoms with van der Waals surface area (Å²) in [5.41, 5.74) is 9.45. The Hall–Kier alpha value is -6.66. The van der Waals surface area contributed by atoms with E-state index < -0.39 is 21.8 Å². The summed E-state index contributed by atoms with van der Waals surface area (Å²) in [5, 5.41) is 14.1. The fourth-order valence-electron chi connectivity index (χ4n) is 11.1. The third-order valence-corrected chi connectivity index (χ3v) is 26.3. The molecule has 10 aromatic rings. The van der Waals surface area contributed by atoms with Gasteiger partial charge in [0, 0.05) is 84.1 Å². The number of carbonyl (C=O) groups is 2. The fraction of sp³-hybridized carbons (Fsp3) is 0.176. The molecule has 0 saturated carbocycles. The van der Waals surface area contributed by atoms with E-state index in [0.717, 1.165) is 45.3 Å². The van der Waals surface area contributed by atoms with E-state index in [1.165, 1.54) is 9.81 Å². The maximum absolute atomic E-state index is 13.9. The van der Waals surface area contributed by atoms with Crippen LogP contribution in [0.1, 0.15) is 66.7 Å². The number of para-hydroxylation sites is 1. The standard InChI is InChI=1S/C28H25Cl3N4O.C22H21Cl3N4O.3C6H5.Bi/c1-18-27(19(2)35(32-18)23-6-4-3-5-7-23)28(36)33-14-15-34(25-13-12-22(30)16-24(25)31)26(17-33)20-8-10-21(29)11-9-20;1-13-21(14(2)27-26-13)22(30)28-9-10-29(19-8-7-17(24)11-18(19)25)20(12-28)15-3-5-16(23)6-4-15;3*1-2-4-6-5-3-1;/h3-13,16,26H,14-15,17H2,1-2H3;3-8,11,20H,9-10,12H2,1-2H3,(H,26,27);3*1-5H;/p+1. The van der Waals surface area contributed by atoms with Gasteiger partial charge in [0.15, 0.2) is 0 Å². The quantitative estimate of drug-likeness (QED) is 0.105. The van der Waals surface area contributed by atoms with Crippen molar-refractivity contribution >= 4 is 124 Å². The maximum atomic E-state index is 13.9. The molecule has 0 radical (unpaired) electrons. The Balaban J connectivity index is 0.000000148. The molecule has 12 rings (SSSR count). The van der Waals surface area contributed by atoms with E-state index in [1.54, 1.807) is 12.1 Å². The summed E-state index contributed by atoms with van der Waals surface area (Å²) >= 11 is 35.6. The van der Waals surface area contributed by atoms with Crippen molar-refractivity contribution < 1.29 is 14.3 Å². The zero-order valence-electron chi connectivity index (χ0n) is 47.2. The van der Waals surface area contributed by atoms with Gasteiger partial charge in [-0.1, -0.05) is 117 Å². The zero-order valence-corrected chi connectivity index (χ0v) is 55.3. The van der Waals surface area contributed by atoms with E-state index in [1.807, 2.05) is 145 Å². The van der Waals surface area contributed by atoms with Gasteiger partial charge in [0.1, 0.15) is 5.56 Å². The second-order valence-electron chi connectivity index (χ2n) is 20.7. The molecule has 2 amide bonds. The Morgan fingerprint density at radius 2 is 0.859 bits per heavy atom. The van der Waals surface area contributed by atoms with Gasteiger partial charge in [0.05, 0.1) is 50.5 Å². The molecule has 8 aromatic carbocycles. The van der Waals surface area contributed by atoms with E-state index in [9.17, 15) is 9.59 Å². The van der Waals surface area contributed by atoms with Crippen LogP contribution in [0.2, 0.25) is 30.1 Å². The number of hydrogen-bond donors (Lipinski definition) is 2. The predicted molar refractivity (Wildman–Crippen MR) is 352 cm³/mol. The van der Waals surface area contributed by atoms with Gasteiger partial charge in [0.2, 0.25) is 11.4 Å². The number of nitrogens with one attached hydrogen (secondary N) is 2. The summed E-state index contributed by atoms with van der Waals surface area (Å²) in [7, 11) is 0. The predicted octanol–water partition coefficient (Wildman–Crippen LogP) is 14.5. The molecule has 2 aliphatic heterocycles. The Morgan fingerprint density at radius 1 is 0.471 bits per heavy atom. The normalized spacial score (nSPS) is 15.0. The molecule has 2 unspecified atom stereocenters. The first-order valence-electron chi connectivity index (χ1n) is 27.8. The van der Waals surface area contributed by atoms with Crippen molar-refractivity contribution in [2.75, 3.05) is 49.1 Å². The summed E-state index contributed by atoms with van der Waals surface area (Å²) in [6.07, 6.45) is 0. The molecule has 2 aliphatic rings. The van der Waals surface area contributed by atoms with Crippen LogP contribution in [-0.4, -0.2) is 97.9 Å². The summed E-state index contributed by atoms with van der Waals surface area (Å²) in [6, 6.07) is 69.3. The van der Waals surface area contributed by atoms with E-state index in [0.29, 0.717) is 86.2 Å². The summed E-state index contributed by atoms with van der Waals surface area (Å²) in [6.45, 7) is 11.1. The number of amides is 2. The van der Waals surface area contributed by atoms with Crippen molar-refractivity contribution in [3.05, 3.63) is 281 Å². The van der Waals surface area contributed by atoms with Gasteiger partial charge in [-0.05, 0) is 92.6 Å². The van der Waals surface area contributed by atoms with Gasteiger partial charge in [-0.3, -0.25) is 14.7 Å². The molecule has 0 bridgehead atoms. The van der Waals surface area contributed by atoms with Crippen molar-refractivity contribution in [1.82, 2.24) is 25.1 Å². The molecule has 2 saturated heterocycles. The SMILES string of the molecule is Cc1[nH][n+](-c2ccccc2)c(C)c1C(=O)N1CCN(c2ccc(Cl)cc2Cl)C(c2ccc(Cl)cc2)C1.Cc1n[nH]c(C)c1C(=O)N1CCN(c2ccc(Cl)cc2Cl)C(c2ccc(Cl)cc2)C1.c1cc[c]([Bi]([c]2ccccc2)[c]2ccccc2)cc1. The molecule has 4 heterocycles. The van der Waals surface area contributed by atoms with Crippen molar-refractivity contribution in [3.63, 3.8) is 0 Å². The summed E-state index contributed by atoms with van der Waals surface area (Å²) in [4.78, 5) is 35.4. The van der Waals surface area contributed by atoms with Crippen LogP contribution in [0, 0.1) is 27.7 Å². The number of H-pyrrole nitrogens is 2. The van der Waals surface area contributed by atoms with Crippen molar-refractivity contribution in [1.29, 1.82) is 0 Å². The van der Waals surface area contributed by atoms with Crippen LogP contribution in [0.25, 0.3) is 5.69 Å². The van der Waals surface area contributed by atoms with Gasteiger partial charge < -0.3 is 19.6 Å². The van der Waals surface area contributed by atoms with E-state index in [4.69, 9.17) is 69.6 Å². The van der Waals surface area contributed by atoms with Crippen molar-refractivity contribution in [3.8, 4) is 5.69 Å². The monoisotopic (exact) mass is 1440 g/mol. The van der Waals surface area contributed by atoms with Crippen LogP contribution in [0.5, 0.6) is 0 Å². The van der Waals surface area contributed by atoms with E-state index in [-0.39, 0.29) is 23.9 Å². The average Bonchev–Trinajstić information content (AvgIpc) is 3.50. The summed E-state index contributed by atoms with van der Waals surface area (Å²) < 4.78 is 6.57. The molecule has 85 heavy (non-hydrogen) atoms. The molecular formula is C68H62BiCl6N8O2+. The number of anilines is 2. The number of rotatable bonds is 10. The second-order valence-corrected chi connectivity index (χ2v) is 31.9. The molecule has 2 atom stereocenters. The number of carbonyl (C=O) groups excluding carboxylic acids is 2. The number of aryl methyl sites for hydroxylation is 3. The van der Waals surface area contributed by atoms with E-state index >= 15 is 0 Å². The number of halogens is 6. The molecule has 0 spiro atoms. The first-order valence-corrected chi connectivity index (χ1v) is 35.3. The number of benzene rings is 8. The van der Waals surface area contributed by atoms with Gasteiger partial charge >= 0.3 is 123 Å². The fourth-order valence-corrected chi connectivity index (χ4v) is 21.3. The first-order chi connectivity index (χ1) is 41.1. The van der Waals surface area contributed by atoms with Gasteiger partial charge in [0.25, 0.3) is 11.8 Å². The zero-order chi connectivity index (χ0) is 59.7. The summed E-state index contributed by atoms with van der Waals surface area (Å²) in [5.74, 6) is -0.00341. The van der Waals surface area contributed by atoms with Crippen LogP contribution in [0.15, 0.2) is 206 Å². The van der Waals surface area contributed by atoms with Crippen LogP contribution in [0.3, 0.4) is 0 Å². The van der Waals surface area contributed by atoms with Gasteiger partial charge in [-0.25, -0.2) is 0 Å².